The standard InChI is InChI=1S/C16H28N4O2/c1-5-6-7-14(20-9-8-19(4)11-12(20)2)16(21)17-15-10-13(3)22-18-15/h10,12,14H,5-9,11H2,1-4H3,(H,17,18,21)/t12-,14-/m0/s1. The van der Waals surface area contributed by atoms with E-state index in [1.54, 1.807) is 6.07 Å². The van der Waals surface area contributed by atoms with Crippen LogP contribution in [0, 0.1) is 6.92 Å². The van der Waals surface area contributed by atoms with E-state index in [0.717, 1.165) is 38.9 Å². The molecule has 1 aliphatic heterocycles. The summed E-state index contributed by atoms with van der Waals surface area (Å²) in [6, 6.07) is 2.04. The van der Waals surface area contributed by atoms with Gasteiger partial charge in [-0.25, -0.2) is 0 Å². The molecule has 1 aromatic rings. The van der Waals surface area contributed by atoms with Crippen LogP contribution >= 0.6 is 0 Å². The lowest BCUT2D eigenvalue weighted by Crippen LogP contribution is -2.57. The van der Waals surface area contributed by atoms with E-state index in [2.05, 4.69) is 41.2 Å². The first-order valence-electron chi connectivity index (χ1n) is 8.19. The molecule has 0 spiro atoms. The molecule has 0 aliphatic carbocycles. The molecular formula is C16H28N4O2. The maximum atomic E-state index is 12.7. The van der Waals surface area contributed by atoms with Crippen molar-refractivity contribution in [1.29, 1.82) is 0 Å². The summed E-state index contributed by atoms with van der Waals surface area (Å²) in [4.78, 5) is 17.4. The summed E-state index contributed by atoms with van der Waals surface area (Å²) >= 11 is 0. The lowest BCUT2D eigenvalue weighted by Gasteiger charge is -2.42. The van der Waals surface area contributed by atoms with E-state index in [1.807, 2.05) is 6.92 Å². The first-order chi connectivity index (χ1) is 10.5. The number of nitrogens with zero attached hydrogens (tertiary/aromatic N) is 3. The molecule has 1 N–H and O–H groups in total. The second-order valence-corrected chi connectivity index (χ2v) is 6.32. The van der Waals surface area contributed by atoms with Gasteiger partial charge in [-0.05, 0) is 27.3 Å². The molecule has 6 heteroatoms. The Bertz CT molecular complexity index is 488. The summed E-state index contributed by atoms with van der Waals surface area (Å²) in [5.41, 5.74) is 0. The van der Waals surface area contributed by atoms with Crippen molar-refractivity contribution in [2.75, 3.05) is 32.0 Å². The van der Waals surface area contributed by atoms with Crippen LogP contribution < -0.4 is 5.32 Å². The van der Waals surface area contributed by atoms with Gasteiger partial charge >= 0.3 is 0 Å². The van der Waals surface area contributed by atoms with Crippen molar-refractivity contribution >= 4 is 11.7 Å². The van der Waals surface area contributed by atoms with E-state index in [9.17, 15) is 4.79 Å². The Morgan fingerprint density at radius 2 is 2.32 bits per heavy atom. The highest BCUT2D eigenvalue weighted by molar-refractivity contribution is 5.94. The van der Waals surface area contributed by atoms with Crippen LogP contribution in [0.2, 0.25) is 0 Å². The summed E-state index contributed by atoms with van der Waals surface area (Å²) in [6.07, 6.45) is 3.02. The van der Waals surface area contributed by atoms with E-state index in [0.29, 0.717) is 17.6 Å². The Hall–Kier alpha value is -1.40. The van der Waals surface area contributed by atoms with Gasteiger partial charge in [0.2, 0.25) is 5.91 Å². The zero-order valence-electron chi connectivity index (χ0n) is 14.1. The number of anilines is 1. The zero-order chi connectivity index (χ0) is 16.1. The van der Waals surface area contributed by atoms with Gasteiger partial charge in [-0.15, -0.1) is 0 Å². The molecule has 1 aliphatic rings. The van der Waals surface area contributed by atoms with Crippen LogP contribution in [0.4, 0.5) is 5.82 Å². The number of likely N-dealkylation sites (N-methyl/N-ethyl adjacent to an activating group) is 1. The normalized spacial score (nSPS) is 21.7. The number of amides is 1. The molecule has 0 aromatic carbocycles. The van der Waals surface area contributed by atoms with Crippen molar-refractivity contribution in [3.8, 4) is 0 Å². The Labute approximate surface area is 132 Å². The average Bonchev–Trinajstić information content (AvgIpc) is 2.86. The van der Waals surface area contributed by atoms with E-state index in [1.165, 1.54) is 0 Å². The van der Waals surface area contributed by atoms with E-state index in [-0.39, 0.29) is 11.9 Å². The lowest BCUT2D eigenvalue weighted by atomic mass is 10.0. The number of aryl methyl sites for hydroxylation is 1. The Kier molecular flexibility index (Phi) is 5.97. The predicted molar refractivity (Wildman–Crippen MR) is 86.8 cm³/mol. The monoisotopic (exact) mass is 308 g/mol. The highest BCUT2D eigenvalue weighted by Crippen LogP contribution is 2.18. The quantitative estimate of drug-likeness (QED) is 0.872. The van der Waals surface area contributed by atoms with Gasteiger partial charge in [0.15, 0.2) is 5.82 Å². The van der Waals surface area contributed by atoms with Crippen LogP contribution in [0.5, 0.6) is 0 Å². The van der Waals surface area contributed by atoms with Gasteiger partial charge in [0.25, 0.3) is 0 Å². The van der Waals surface area contributed by atoms with Gasteiger partial charge in [0, 0.05) is 31.7 Å². The third-order valence-corrected chi connectivity index (χ3v) is 4.30. The van der Waals surface area contributed by atoms with E-state index >= 15 is 0 Å². The highest BCUT2D eigenvalue weighted by Gasteiger charge is 2.32. The fourth-order valence-electron chi connectivity index (χ4n) is 3.10. The molecule has 0 unspecified atom stereocenters. The molecule has 0 radical (unpaired) electrons. The average molecular weight is 308 g/mol. The third-order valence-electron chi connectivity index (χ3n) is 4.30. The van der Waals surface area contributed by atoms with Gasteiger partial charge in [-0.3, -0.25) is 9.69 Å². The highest BCUT2D eigenvalue weighted by atomic mass is 16.5. The molecule has 2 atom stereocenters. The second kappa shape index (κ2) is 7.74. The molecule has 2 heterocycles. The Balaban J connectivity index is 2.05. The SMILES string of the molecule is CCCC[C@@H](C(=O)Nc1cc(C)on1)N1CCN(C)C[C@@H]1C. The lowest BCUT2D eigenvalue weighted by molar-refractivity contribution is -0.123. The molecule has 0 bridgehead atoms. The second-order valence-electron chi connectivity index (χ2n) is 6.32. The molecule has 1 aromatic heterocycles. The van der Waals surface area contributed by atoms with Gasteiger partial charge < -0.3 is 14.7 Å². The smallest absolute Gasteiger partial charge is 0.242 e. The van der Waals surface area contributed by atoms with Crippen molar-refractivity contribution in [3.63, 3.8) is 0 Å². The number of rotatable bonds is 6. The number of nitrogens with one attached hydrogen (secondary N) is 1. The van der Waals surface area contributed by atoms with Crippen molar-refractivity contribution < 1.29 is 9.32 Å². The van der Waals surface area contributed by atoms with Crippen LogP contribution in [0.3, 0.4) is 0 Å². The number of carbonyl (C=O) groups excluding carboxylic acids is 1. The molecule has 1 amide bonds. The van der Waals surface area contributed by atoms with Crippen molar-refractivity contribution in [3.05, 3.63) is 11.8 Å². The molecule has 124 valence electrons. The minimum atomic E-state index is -0.0966. The topological polar surface area (TPSA) is 61.6 Å². The van der Waals surface area contributed by atoms with Crippen LogP contribution in [-0.4, -0.2) is 59.6 Å². The number of carbonyl (C=O) groups is 1. The number of hydrogen-bond donors (Lipinski definition) is 1. The summed E-state index contributed by atoms with van der Waals surface area (Å²) in [7, 11) is 2.13. The van der Waals surface area contributed by atoms with Crippen LogP contribution in [0.25, 0.3) is 0 Å². The maximum absolute atomic E-state index is 12.7. The number of unbranched alkanes of at least 4 members (excludes halogenated alkanes) is 1. The first-order valence-corrected chi connectivity index (χ1v) is 8.19. The van der Waals surface area contributed by atoms with Gasteiger partial charge in [0.05, 0.1) is 6.04 Å². The molecule has 2 rings (SSSR count). The molecule has 22 heavy (non-hydrogen) atoms. The number of hydrogen-bond acceptors (Lipinski definition) is 5. The number of piperazine rings is 1. The van der Waals surface area contributed by atoms with E-state index in [4.69, 9.17) is 4.52 Å². The van der Waals surface area contributed by atoms with Gasteiger partial charge in [-0.2, -0.15) is 0 Å². The minimum absolute atomic E-state index is 0.0261. The largest absolute Gasteiger partial charge is 0.360 e. The third kappa shape index (κ3) is 4.30. The van der Waals surface area contributed by atoms with Crippen molar-refractivity contribution in [1.82, 2.24) is 15.0 Å². The Morgan fingerprint density at radius 1 is 1.55 bits per heavy atom. The maximum Gasteiger partial charge on any atom is 0.242 e. The molecule has 1 fully saturated rings. The summed E-state index contributed by atoms with van der Waals surface area (Å²) in [6.45, 7) is 9.10. The van der Waals surface area contributed by atoms with Gasteiger partial charge in [0.1, 0.15) is 5.76 Å². The van der Waals surface area contributed by atoms with Crippen molar-refractivity contribution in [2.45, 2.75) is 52.1 Å². The fraction of sp³-hybridized carbons (Fsp3) is 0.750. The predicted octanol–water partition coefficient (Wildman–Crippen LogP) is 2.12. The number of aromatic nitrogens is 1. The van der Waals surface area contributed by atoms with Crippen LogP contribution in [0.1, 0.15) is 38.9 Å². The van der Waals surface area contributed by atoms with E-state index < -0.39 is 0 Å². The Morgan fingerprint density at radius 3 is 2.91 bits per heavy atom. The van der Waals surface area contributed by atoms with Gasteiger partial charge in [-0.1, -0.05) is 24.9 Å². The molecule has 6 nitrogen and oxygen atoms in total. The van der Waals surface area contributed by atoms with Crippen LogP contribution in [0.15, 0.2) is 10.6 Å². The minimum Gasteiger partial charge on any atom is -0.360 e. The zero-order valence-corrected chi connectivity index (χ0v) is 14.1. The first kappa shape index (κ1) is 17.0. The molecular weight excluding hydrogens is 280 g/mol. The summed E-state index contributed by atoms with van der Waals surface area (Å²) < 4.78 is 5.02. The van der Waals surface area contributed by atoms with Crippen LogP contribution in [-0.2, 0) is 4.79 Å². The molecule has 1 saturated heterocycles. The molecule has 0 saturated carbocycles. The van der Waals surface area contributed by atoms with Crippen molar-refractivity contribution in [2.24, 2.45) is 0 Å². The summed E-state index contributed by atoms with van der Waals surface area (Å²) in [5.74, 6) is 1.23. The fourth-order valence-corrected chi connectivity index (χ4v) is 3.10. The summed E-state index contributed by atoms with van der Waals surface area (Å²) in [5, 5.41) is 6.76.